The number of amides is 1. The van der Waals surface area contributed by atoms with Crippen molar-refractivity contribution in [2.75, 3.05) is 0 Å². The van der Waals surface area contributed by atoms with Gasteiger partial charge < -0.3 is 5.32 Å². The number of carbonyl (C=O) groups is 1. The third kappa shape index (κ3) is 3.52. The molecule has 0 aromatic carbocycles. The van der Waals surface area contributed by atoms with Gasteiger partial charge in [-0.3, -0.25) is 14.0 Å². The van der Waals surface area contributed by atoms with Crippen molar-refractivity contribution in [1.82, 2.24) is 19.5 Å². The van der Waals surface area contributed by atoms with Crippen molar-refractivity contribution in [2.45, 2.75) is 65.0 Å². The fourth-order valence-electron chi connectivity index (χ4n) is 4.18. The average Bonchev–Trinajstić information content (AvgIpc) is 3.22. The molecule has 7 heteroatoms. The van der Waals surface area contributed by atoms with Crippen LogP contribution in [0.15, 0.2) is 22.3 Å². The fraction of sp³-hybridized carbons (Fsp3) is 0.550. The first kappa shape index (κ1) is 18.2. The van der Waals surface area contributed by atoms with Crippen molar-refractivity contribution in [2.24, 2.45) is 5.92 Å². The molecule has 3 heterocycles. The lowest BCUT2D eigenvalue weighted by molar-refractivity contribution is -0.122. The number of hydrogen-bond acceptors (Lipinski definition) is 4. The summed E-state index contributed by atoms with van der Waals surface area (Å²) >= 11 is 1.62. The van der Waals surface area contributed by atoms with Crippen LogP contribution in [0.1, 0.15) is 51.3 Å². The molecule has 3 aromatic heterocycles. The minimum atomic E-state index is -0.0923. The van der Waals surface area contributed by atoms with Crippen LogP contribution in [-0.2, 0) is 11.3 Å². The summed E-state index contributed by atoms with van der Waals surface area (Å²) in [6.45, 7) is 4.59. The normalized spacial score (nSPS) is 20.4. The van der Waals surface area contributed by atoms with Gasteiger partial charge >= 0.3 is 0 Å². The van der Waals surface area contributed by atoms with Gasteiger partial charge in [-0.2, -0.15) is 5.10 Å². The van der Waals surface area contributed by atoms with E-state index in [9.17, 15) is 9.59 Å². The SMILES string of the molecule is Cc1nn(CCCC(=O)NC2CCCCC2C)c(=O)c2cc3sccc3n12. The Morgan fingerprint density at radius 1 is 1.33 bits per heavy atom. The molecule has 1 aliphatic rings. The molecule has 1 saturated carbocycles. The Bertz CT molecular complexity index is 1030. The first-order chi connectivity index (χ1) is 13.0. The number of rotatable bonds is 5. The standard InChI is InChI=1S/C20H26N4O2S/c1-13-6-3-4-7-15(13)21-19(25)8-5-10-23-20(26)17-12-18-16(9-11-27-18)24(17)14(2)22-23/h9,11-13,15H,3-8,10H2,1-2H3,(H,21,25). The number of thiophene rings is 1. The summed E-state index contributed by atoms with van der Waals surface area (Å²) in [7, 11) is 0. The maximum absolute atomic E-state index is 12.8. The van der Waals surface area contributed by atoms with E-state index in [2.05, 4.69) is 17.3 Å². The molecule has 0 saturated heterocycles. The zero-order valence-corrected chi connectivity index (χ0v) is 16.7. The van der Waals surface area contributed by atoms with Crippen LogP contribution in [0.3, 0.4) is 0 Å². The van der Waals surface area contributed by atoms with E-state index in [1.54, 1.807) is 11.3 Å². The molecule has 4 rings (SSSR count). The zero-order valence-electron chi connectivity index (χ0n) is 15.9. The molecule has 1 aliphatic carbocycles. The Hall–Kier alpha value is -2.15. The number of fused-ring (bicyclic) bond motifs is 3. The molecule has 0 spiro atoms. The summed E-state index contributed by atoms with van der Waals surface area (Å²) in [6, 6.07) is 4.26. The van der Waals surface area contributed by atoms with Crippen molar-refractivity contribution < 1.29 is 4.79 Å². The minimum Gasteiger partial charge on any atom is -0.353 e. The number of carbonyl (C=O) groups excluding carboxylic acids is 1. The monoisotopic (exact) mass is 386 g/mol. The van der Waals surface area contributed by atoms with Gasteiger partial charge in [-0.25, -0.2) is 4.68 Å². The van der Waals surface area contributed by atoms with Gasteiger partial charge in [-0.05, 0) is 49.6 Å². The molecule has 144 valence electrons. The highest BCUT2D eigenvalue weighted by molar-refractivity contribution is 7.17. The van der Waals surface area contributed by atoms with E-state index in [1.165, 1.54) is 23.9 Å². The summed E-state index contributed by atoms with van der Waals surface area (Å²) in [4.78, 5) is 25.0. The van der Waals surface area contributed by atoms with Gasteiger partial charge in [0.1, 0.15) is 11.3 Å². The first-order valence-corrected chi connectivity index (χ1v) is 10.7. The number of aromatic nitrogens is 3. The van der Waals surface area contributed by atoms with E-state index in [1.807, 2.05) is 28.8 Å². The highest BCUT2D eigenvalue weighted by Gasteiger charge is 2.22. The van der Waals surface area contributed by atoms with Crippen LogP contribution in [0.25, 0.3) is 15.7 Å². The second kappa shape index (κ2) is 7.46. The van der Waals surface area contributed by atoms with Gasteiger partial charge in [-0.15, -0.1) is 11.3 Å². The molecular formula is C20H26N4O2S. The number of nitrogens with one attached hydrogen (secondary N) is 1. The molecule has 27 heavy (non-hydrogen) atoms. The maximum atomic E-state index is 12.8. The van der Waals surface area contributed by atoms with Crippen LogP contribution in [-0.4, -0.2) is 26.1 Å². The van der Waals surface area contributed by atoms with E-state index < -0.39 is 0 Å². The Kier molecular flexibility index (Phi) is 5.04. The minimum absolute atomic E-state index is 0.0859. The van der Waals surface area contributed by atoms with Gasteiger partial charge in [0.15, 0.2) is 0 Å². The van der Waals surface area contributed by atoms with Crippen LogP contribution < -0.4 is 10.9 Å². The molecule has 3 aromatic rings. The molecule has 1 N–H and O–H groups in total. The second-order valence-corrected chi connectivity index (χ2v) is 8.60. The van der Waals surface area contributed by atoms with Crippen LogP contribution in [0.2, 0.25) is 0 Å². The lowest BCUT2D eigenvalue weighted by atomic mass is 9.86. The smallest absolute Gasteiger partial charge is 0.291 e. The summed E-state index contributed by atoms with van der Waals surface area (Å²) in [5.41, 5.74) is 1.60. The molecule has 0 bridgehead atoms. The largest absolute Gasteiger partial charge is 0.353 e. The molecule has 0 aliphatic heterocycles. The summed E-state index contributed by atoms with van der Waals surface area (Å²) < 4.78 is 4.52. The molecule has 2 unspecified atom stereocenters. The quantitative estimate of drug-likeness (QED) is 0.730. The number of nitrogens with zero attached hydrogens (tertiary/aromatic N) is 3. The average molecular weight is 387 g/mol. The van der Waals surface area contributed by atoms with E-state index in [0.29, 0.717) is 36.9 Å². The summed E-state index contributed by atoms with van der Waals surface area (Å²) in [6.07, 6.45) is 5.78. The number of aryl methyl sites for hydroxylation is 2. The molecule has 1 fully saturated rings. The van der Waals surface area contributed by atoms with Crippen molar-refractivity contribution >= 4 is 33.0 Å². The van der Waals surface area contributed by atoms with Gasteiger partial charge in [-0.1, -0.05) is 19.8 Å². The van der Waals surface area contributed by atoms with Crippen LogP contribution in [0.4, 0.5) is 0 Å². The first-order valence-electron chi connectivity index (χ1n) is 9.80. The lowest BCUT2D eigenvalue weighted by Crippen LogP contribution is -2.41. The van der Waals surface area contributed by atoms with Crippen LogP contribution >= 0.6 is 11.3 Å². The van der Waals surface area contributed by atoms with Gasteiger partial charge in [0.25, 0.3) is 5.56 Å². The Morgan fingerprint density at radius 3 is 2.96 bits per heavy atom. The van der Waals surface area contributed by atoms with Crippen molar-refractivity contribution in [3.05, 3.63) is 33.7 Å². The number of hydrogen-bond donors (Lipinski definition) is 1. The van der Waals surface area contributed by atoms with Gasteiger partial charge in [0.05, 0.1) is 10.2 Å². The summed E-state index contributed by atoms with van der Waals surface area (Å²) in [5, 5.41) is 9.66. The van der Waals surface area contributed by atoms with Crippen molar-refractivity contribution in [3.8, 4) is 0 Å². The molecule has 6 nitrogen and oxygen atoms in total. The third-order valence-corrected chi connectivity index (χ3v) is 6.55. The highest BCUT2D eigenvalue weighted by atomic mass is 32.1. The van der Waals surface area contributed by atoms with E-state index in [-0.39, 0.29) is 11.5 Å². The van der Waals surface area contributed by atoms with Crippen LogP contribution in [0, 0.1) is 12.8 Å². The van der Waals surface area contributed by atoms with Gasteiger partial charge in [0, 0.05) is 19.0 Å². The van der Waals surface area contributed by atoms with Crippen LogP contribution in [0.5, 0.6) is 0 Å². The Morgan fingerprint density at radius 2 is 2.15 bits per heavy atom. The predicted octanol–water partition coefficient (Wildman–Crippen LogP) is 3.49. The molecule has 0 radical (unpaired) electrons. The van der Waals surface area contributed by atoms with E-state index in [4.69, 9.17) is 0 Å². The molecule has 1 amide bonds. The van der Waals surface area contributed by atoms with Crippen molar-refractivity contribution in [1.29, 1.82) is 0 Å². The topological polar surface area (TPSA) is 68.4 Å². The fourth-order valence-corrected chi connectivity index (χ4v) is 4.98. The summed E-state index contributed by atoms with van der Waals surface area (Å²) in [5.74, 6) is 1.43. The Balaban J connectivity index is 1.42. The zero-order chi connectivity index (χ0) is 19.0. The lowest BCUT2D eigenvalue weighted by Gasteiger charge is -2.29. The highest BCUT2D eigenvalue weighted by Crippen LogP contribution is 2.25. The Labute approximate surface area is 162 Å². The molecule has 2 atom stereocenters. The van der Waals surface area contributed by atoms with E-state index >= 15 is 0 Å². The second-order valence-electron chi connectivity index (χ2n) is 7.65. The maximum Gasteiger partial charge on any atom is 0.291 e. The van der Waals surface area contributed by atoms with Crippen molar-refractivity contribution in [3.63, 3.8) is 0 Å². The van der Waals surface area contributed by atoms with Gasteiger partial charge in [0.2, 0.25) is 5.91 Å². The predicted molar refractivity (Wildman–Crippen MR) is 108 cm³/mol. The van der Waals surface area contributed by atoms with E-state index in [0.717, 1.165) is 22.5 Å². The third-order valence-electron chi connectivity index (χ3n) is 5.70. The molecular weight excluding hydrogens is 360 g/mol.